The molecule has 0 aliphatic carbocycles. The van der Waals surface area contributed by atoms with E-state index >= 15 is 0 Å². The SMILES string of the molecule is Cc1c(Cl)cccc1N=Cc1nc(-c2ccc(Br)cc2)oc1O. The summed E-state index contributed by atoms with van der Waals surface area (Å²) in [6.07, 6.45) is 1.46. The van der Waals surface area contributed by atoms with Crippen LogP contribution >= 0.6 is 27.5 Å². The number of nitrogens with zero attached hydrogens (tertiary/aromatic N) is 2. The Bertz CT molecular complexity index is 873. The second kappa shape index (κ2) is 6.56. The molecule has 3 rings (SSSR count). The molecule has 116 valence electrons. The van der Waals surface area contributed by atoms with Crippen molar-refractivity contribution in [1.82, 2.24) is 4.98 Å². The molecule has 0 aliphatic heterocycles. The van der Waals surface area contributed by atoms with E-state index in [0.29, 0.717) is 16.6 Å². The molecule has 6 heteroatoms. The quantitative estimate of drug-likeness (QED) is 0.598. The van der Waals surface area contributed by atoms with Crippen LogP contribution in [0.15, 0.2) is 56.3 Å². The first-order chi connectivity index (χ1) is 11.0. The average molecular weight is 392 g/mol. The third-order valence-corrected chi connectivity index (χ3v) is 4.23. The Morgan fingerprint density at radius 3 is 2.70 bits per heavy atom. The summed E-state index contributed by atoms with van der Waals surface area (Å²) in [6, 6.07) is 12.9. The van der Waals surface area contributed by atoms with Crippen LogP contribution < -0.4 is 0 Å². The zero-order valence-corrected chi connectivity index (χ0v) is 14.5. The molecule has 4 nitrogen and oxygen atoms in total. The van der Waals surface area contributed by atoms with Crippen molar-refractivity contribution in [3.63, 3.8) is 0 Å². The lowest BCUT2D eigenvalue weighted by atomic mass is 10.2. The molecule has 0 atom stereocenters. The molecule has 0 saturated heterocycles. The molecule has 1 N–H and O–H groups in total. The summed E-state index contributed by atoms with van der Waals surface area (Å²) in [5.74, 6) is 0.0608. The number of benzene rings is 2. The fourth-order valence-electron chi connectivity index (χ4n) is 1.99. The molecule has 0 unspecified atom stereocenters. The van der Waals surface area contributed by atoms with Gasteiger partial charge in [0.05, 0.1) is 11.9 Å². The molecule has 1 heterocycles. The maximum atomic E-state index is 9.89. The number of hydrogen-bond acceptors (Lipinski definition) is 4. The van der Waals surface area contributed by atoms with E-state index in [-0.39, 0.29) is 11.6 Å². The van der Waals surface area contributed by atoms with Gasteiger partial charge in [0.1, 0.15) is 0 Å². The maximum absolute atomic E-state index is 9.89. The van der Waals surface area contributed by atoms with Crippen molar-refractivity contribution in [3.05, 3.63) is 63.2 Å². The monoisotopic (exact) mass is 390 g/mol. The minimum Gasteiger partial charge on any atom is -0.479 e. The van der Waals surface area contributed by atoms with Gasteiger partial charge >= 0.3 is 5.95 Å². The van der Waals surface area contributed by atoms with Gasteiger partial charge in [0.2, 0.25) is 5.89 Å². The van der Waals surface area contributed by atoms with Gasteiger partial charge in [-0.1, -0.05) is 33.6 Å². The van der Waals surface area contributed by atoms with Crippen molar-refractivity contribution in [1.29, 1.82) is 0 Å². The van der Waals surface area contributed by atoms with E-state index in [0.717, 1.165) is 15.6 Å². The number of aromatic nitrogens is 1. The van der Waals surface area contributed by atoms with Crippen LogP contribution in [0.3, 0.4) is 0 Å². The molecule has 0 radical (unpaired) electrons. The molecule has 0 bridgehead atoms. The first-order valence-corrected chi connectivity index (χ1v) is 7.96. The Morgan fingerprint density at radius 1 is 1.22 bits per heavy atom. The molecule has 2 aromatic carbocycles. The molecule has 0 amide bonds. The van der Waals surface area contributed by atoms with E-state index in [2.05, 4.69) is 25.9 Å². The number of hydrogen-bond donors (Lipinski definition) is 1. The minimum absolute atomic E-state index is 0.266. The van der Waals surface area contributed by atoms with Gasteiger partial charge in [0.15, 0.2) is 5.69 Å². The highest BCUT2D eigenvalue weighted by atomic mass is 79.9. The summed E-state index contributed by atoms with van der Waals surface area (Å²) in [6.45, 7) is 1.88. The molecule has 3 aromatic rings. The molecule has 0 saturated carbocycles. The van der Waals surface area contributed by atoms with Crippen molar-refractivity contribution >= 4 is 39.4 Å². The number of halogens is 2. The molecular formula is C17H12BrClN2O2. The van der Waals surface area contributed by atoms with Gasteiger partial charge in [-0.25, -0.2) is 4.98 Å². The Hall–Kier alpha value is -2.11. The largest absolute Gasteiger partial charge is 0.479 e. The van der Waals surface area contributed by atoms with Gasteiger partial charge in [0, 0.05) is 15.1 Å². The Labute approximate surface area is 146 Å². The second-order valence-electron chi connectivity index (χ2n) is 4.86. The van der Waals surface area contributed by atoms with Crippen LogP contribution in [0.5, 0.6) is 5.95 Å². The van der Waals surface area contributed by atoms with Gasteiger partial charge in [-0.3, -0.25) is 4.99 Å². The van der Waals surface area contributed by atoms with Gasteiger partial charge in [-0.05, 0) is 48.9 Å². The molecular weight excluding hydrogens is 380 g/mol. The standard InChI is InChI=1S/C17H12BrClN2O2/c1-10-13(19)3-2-4-14(10)20-9-15-17(22)23-16(21-15)11-5-7-12(18)8-6-11/h2-9,22H,1H3. The van der Waals surface area contributed by atoms with Crippen molar-refractivity contribution in [2.45, 2.75) is 6.92 Å². The summed E-state index contributed by atoms with van der Waals surface area (Å²) in [5, 5.41) is 10.5. The molecule has 0 spiro atoms. The Morgan fingerprint density at radius 2 is 1.96 bits per heavy atom. The number of aliphatic imine (C=N–C) groups is 1. The maximum Gasteiger partial charge on any atom is 0.312 e. The van der Waals surface area contributed by atoms with Crippen LogP contribution in [-0.2, 0) is 0 Å². The van der Waals surface area contributed by atoms with E-state index < -0.39 is 0 Å². The molecule has 0 aliphatic rings. The fourth-order valence-corrected chi connectivity index (χ4v) is 2.42. The van der Waals surface area contributed by atoms with Crippen LogP contribution in [0, 0.1) is 6.92 Å². The van der Waals surface area contributed by atoms with Crippen molar-refractivity contribution in [3.8, 4) is 17.4 Å². The normalized spacial score (nSPS) is 11.3. The summed E-state index contributed by atoms with van der Waals surface area (Å²) in [4.78, 5) is 8.58. The van der Waals surface area contributed by atoms with Crippen LogP contribution in [0.25, 0.3) is 11.5 Å². The third kappa shape index (κ3) is 3.46. The summed E-state index contributed by atoms with van der Waals surface area (Å²) >= 11 is 9.43. The molecule has 0 fully saturated rings. The Kier molecular flexibility index (Phi) is 4.50. The van der Waals surface area contributed by atoms with Crippen LogP contribution in [0.2, 0.25) is 5.02 Å². The summed E-state index contributed by atoms with van der Waals surface area (Å²) < 4.78 is 6.25. The van der Waals surface area contributed by atoms with Crippen molar-refractivity contribution in [2.24, 2.45) is 4.99 Å². The number of aromatic hydroxyl groups is 1. The van der Waals surface area contributed by atoms with Gasteiger partial charge in [-0.2, -0.15) is 0 Å². The molecule has 23 heavy (non-hydrogen) atoms. The lowest BCUT2D eigenvalue weighted by Crippen LogP contribution is -1.84. The van der Waals surface area contributed by atoms with E-state index in [4.69, 9.17) is 16.0 Å². The fraction of sp³-hybridized carbons (Fsp3) is 0.0588. The first kappa shape index (κ1) is 15.8. The number of oxazole rings is 1. The Balaban J connectivity index is 1.91. The smallest absolute Gasteiger partial charge is 0.312 e. The minimum atomic E-state index is -0.272. The summed E-state index contributed by atoms with van der Waals surface area (Å²) in [5.41, 5.74) is 2.61. The van der Waals surface area contributed by atoms with Gasteiger partial charge < -0.3 is 9.52 Å². The predicted molar refractivity (Wildman–Crippen MR) is 94.7 cm³/mol. The van der Waals surface area contributed by atoms with E-state index in [9.17, 15) is 5.11 Å². The van der Waals surface area contributed by atoms with Gasteiger partial charge in [-0.15, -0.1) is 0 Å². The van der Waals surface area contributed by atoms with E-state index in [1.165, 1.54) is 6.21 Å². The highest BCUT2D eigenvalue weighted by Crippen LogP contribution is 2.28. The zero-order valence-electron chi connectivity index (χ0n) is 12.1. The number of rotatable bonds is 3. The van der Waals surface area contributed by atoms with E-state index in [1.807, 2.05) is 43.3 Å². The second-order valence-corrected chi connectivity index (χ2v) is 6.18. The highest BCUT2D eigenvalue weighted by Gasteiger charge is 2.12. The molecule has 1 aromatic heterocycles. The predicted octanol–water partition coefficient (Wildman–Crippen LogP) is 5.52. The zero-order chi connectivity index (χ0) is 16.4. The van der Waals surface area contributed by atoms with Crippen molar-refractivity contribution in [2.75, 3.05) is 0 Å². The third-order valence-electron chi connectivity index (χ3n) is 3.29. The topological polar surface area (TPSA) is 58.6 Å². The lowest BCUT2D eigenvalue weighted by Gasteiger charge is -2.00. The summed E-state index contributed by atoms with van der Waals surface area (Å²) in [7, 11) is 0. The first-order valence-electron chi connectivity index (χ1n) is 6.79. The lowest BCUT2D eigenvalue weighted by molar-refractivity contribution is 0.337. The average Bonchev–Trinajstić information content (AvgIpc) is 2.90. The van der Waals surface area contributed by atoms with E-state index in [1.54, 1.807) is 6.07 Å². The van der Waals surface area contributed by atoms with Gasteiger partial charge in [0.25, 0.3) is 0 Å². The van der Waals surface area contributed by atoms with Crippen LogP contribution in [0.4, 0.5) is 5.69 Å². The highest BCUT2D eigenvalue weighted by molar-refractivity contribution is 9.10. The van der Waals surface area contributed by atoms with Crippen LogP contribution in [-0.4, -0.2) is 16.3 Å². The van der Waals surface area contributed by atoms with Crippen molar-refractivity contribution < 1.29 is 9.52 Å². The van der Waals surface area contributed by atoms with Crippen LogP contribution in [0.1, 0.15) is 11.3 Å².